The van der Waals surface area contributed by atoms with Crippen molar-refractivity contribution in [2.75, 3.05) is 13.1 Å². The first kappa shape index (κ1) is 7.74. The Hall–Kier alpha value is -1.36. The minimum absolute atomic E-state index is 0.0680. The van der Waals surface area contributed by atoms with Crippen molar-refractivity contribution in [3.8, 4) is 0 Å². The van der Waals surface area contributed by atoms with Gasteiger partial charge in [0.25, 0.3) is 5.89 Å². The third kappa shape index (κ3) is 2.05. The number of hydrogen-bond donors (Lipinski definition) is 2. The Labute approximate surface area is 63.6 Å². The molecule has 60 valence electrons. The minimum Gasteiger partial charge on any atom is -0.441 e. The molecule has 5 nitrogen and oxygen atoms in total. The van der Waals surface area contributed by atoms with Crippen LogP contribution < -0.4 is 11.1 Å². The first-order valence-electron chi connectivity index (χ1n) is 3.22. The van der Waals surface area contributed by atoms with Gasteiger partial charge in [0.05, 0.1) is 6.20 Å². The van der Waals surface area contributed by atoms with Crippen LogP contribution in [-0.4, -0.2) is 24.0 Å². The van der Waals surface area contributed by atoms with Crippen molar-refractivity contribution < 1.29 is 9.21 Å². The van der Waals surface area contributed by atoms with Gasteiger partial charge in [0.2, 0.25) is 0 Å². The summed E-state index contributed by atoms with van der Waals surface area (Å²) in [6, 6.07) is 0. The molecule has 1 rings (SSSR count). The van der Waals surface area contributed by atoms with E-state index < -0.39 is 0 Å². The summed E-state index contributed by atoms with van der Waals surface area (Å²) in [7, 11) is 0. The Bertz CT molecular complexity index is 220. The summed E-state index contributed by atoms with van der Waals surface area (Å²) in [6.07, 6.45) is 2.76. The maximum atomic E-state index is 10.9. The Kier molecular flexibility index (Phi) is 2.62. The Morgan fingerprint density at radius 1 is 1.82 bits per heavy atom. The van der Waals surface area contributed by atoms with Gasteiger partial charge in [0.1, 0.15) is 6.26 Å². The monoisotopic (exact) mass is 155 g/mol. The molecule has 1 heterocycles. The number of aromatic nitrogens is 1. The third-order valence-corrected chi connectivity index (χ3v) is 1.06. The zero-order valence-electron chi connectivity index (χ0n) is 5.91. The average molecular weight is 155 g/mol. The largest absolute Gasteiger partial charge is 0.441 e. The lowest BCUT2D eigenvalue weighted by Crippen LogP contribution is -2.29. The van der Waals surface area contributed by atoms with Crippen molar-refractivity contribution in [1.82, 2.24) is 10.3 Å². The van der Waals surface area contributed by atoms with E-state index in [2.05, 4.69) is 10.3 Å². The van der Waals surface area contributed by atoms with E-state index in [1.807, 2.05) is 0 Å². The second-order valence-corrected chi connectivity index (χ2v) is 1.88. The summed E-state index contributed by atoms with van der Waals surface area (Å²) in [5, 5.41) is 2.51. The number of rotatable bonds is 3. The van der Waals surface area contributed by atoms with Crippen molar-refractivity contribution >= 4 is 5.91 Å². The van der Waals surface area contributed by atoms with Crippen LogP contribution >= 0.6 is 0 Å². The van der Waals surface area contributed by atoms with E-state index in [1.165, 1.54) is 12.5 Å². The third-order valence-electron chi connectivity index (χ3n) is 1.06. The minimum atomic E-state index is -0.333. The van der Waals surface area contributed by atoms with Crippen LogP contribution in [0.2, 0.25) is 0 Å². The van der Waals surface area contributed by atoms with Crippen molar-refractivity contribution in [1.29, 1.82) is 0 Å². The van der Waals surface area contributed by atoms with E-state index in [0.717, 1.165) is 0 Å². The number of amides is 1. The molecular weight excluding hydrogens is 146 g/mol. The van der Waals surface area contributed by atoms with Crippen molar-refractivity contribution in [2.45, 2.75) is 0 Å². The average Bonchev–Trinajstić information content (AvgIpc) is 2.52. The fraction of sp³-hybridized carbons (Fsp3) is 0.333. The number of carbonyl (C=O) groups excluding carboxylic acids is 1. The molecule has 0 aliphatic heterocycles. The normalized spacial score (nSPS) is 9.55. The van der Waals surface area contributed by atoms with Gasteiger partial charge in [0, 0.05) is 13.1 Å². The summed E-state index contributed by atoms with van der Waals surface area (Å²) < 4.78 is 4.73. The molecule has 5 heteroatoms. The first-order chi connectivity index (χ1) is 5.34. The molecule has 0 saturated carbocycles. The maximum absolute atomic E-state index is 10.9. The van der Waals surface area contributed by atoms with Gasteiger partial charge in [0.15, 0.2) is 0 Å². The quantitative estimate of drug-likeness (QED) is 0.608. The van der Waals surface area contributed by atoms with Crippen LogP contribution in [0.5, 0.6) is 0 Å². The molecule has 0 aliphatic carbocycles. The molecule has 0 radical (unpaired) electrons. The Morgan fingerprint density at radius 2 is 2.64 bits per heavy atom. The van der Waals surface area contributed by atoms with Crippen LogP contribution in [0, 0.1) is 0 Å². The molecule has 0 saturated heterocycles. The molecule has 0 aliphatic rings. The lowest BCUT2D eigenvalue weighted by atomic mass is 10.5. The van der Waals surface area contributed by atoms with Crippen LogP contribution in [0.4, 0.5) is 0 Å². The van der Waals surface area contributed by atoms with Crippen molar-refractivity contribution in [2.24, 2.45) is 5.73 Å². The van der Waals surface area contributed by atoms with E-state index in [4.69, 9.17) is 10.2 Å². The fourth-order valence-corrected chi connectivity index (χ4v) is 0.597. The van der Waals surface area contributed by atoms with E-state index in [1.54, 1.807) is 0 Å². The van der Waals surface area contributed by atoms with E-state index in [-0.39, 0.29) is 11.8 Å². The van der Waals surface area contributed by atoms with Gasteiger partial charge in [-0.1, -0.05) is 0 Å². The summed E-state index contributed by atoms with van der Waals surface area (Å²) in [4.78, 5) is 14.6. The summed E-state index contributed by atoms with van der Waals surface area (Å²) in [5.41, 5.74) is 5.16. The predicted octanol–water partition coefficient (Wildman–Crippen LogP) is -0.637. The molecule has 3 N–H and O–H groups in total. The molecule has 0 unspecified atom stereocenters. The summed E-state index contributed by atoms with van der Waals surface area (Å²) >= 11 is 0. The molecule has 0 aromatic carbocycles. The van der Waals surface area contributed by atoms with Crippen molar-refractivity contribution in [3.63, 3.8) is 0 Å². The zero-order chi connectivity index (χ0) is 8.10. The highest BCUT2D eigenvalue weighted by Gasteiger charge is 2.07. The maximum Gasteiger partial charge on any atom is 0.307 e. The Balaban J connectivity index is 2.43. The molecule has 0 spiro atoms. The highest BCUT2D eigenvalue weighted by Crippen LogP contribution is 1.92. The second-order valence-electron chi connectivity index (χ2n) is 1.88. The first-order valence-corrected chi connectivity index (χ1v) is 3.22. The zero-order valence-corrected chi connectivity index (χ0v) is 5.91. The standard InChI is InChI=1S/C6H9N3O2/c7-1-2-8-5(10)6-9-3-4-11-6/h3-4H,1-2,7H2,(H,8,10). The molecule has 0 fully saturated rings. The summed E-state index contributed by atoms with van der Waals surface area (Å²) in [5.74, 6) is -0.265. The lowest BCUT2D eigenvalue weighted by molar-refractivity contribution is 0.0920. The van der Waals surface area contributed by atoms with E-state index in [9.17, 15) is 4.79 Å². The predicted molar refractivity (Wildman–Crippen MR) is 37.9 cm³/mol. The summed E-state index contributed by atoms with van der Waals surface area (Å²) in [6.45, 7) is 0.841. The molecule has 11 heavy (non-hydrogen) atoms. The van der Waals surface area contributed by atoms with Crippen LogP contribution in [-0.2, 0) is 0 Å². The molecule has 1 aromatic heterocycles. The highest BCUT2D eigenvalue weighted by molar-refractivity contribution is 5.89. The molecule has 0 bridgehead atoms. The van der Waals surface area contributed by atoms with Crippen molar-refractivity contribution in [3.05, 3.63) is 18.4 Å². The van der Waals surface area contributed by atoms with Gasteiger partial charge in [-0.15, -0.1) is 0 Å². The second kappa shape index (κ2) is 3.72. The van der Waals surface area contributed by atoms with Crippen LogP contribution in [0.15, 0.2) is 16.9 Å². The number of carbonyl (C=O) groups is 1. The highest BCUT2D eigenvalue weighted by atomic mass is 16.3. The molecular formula is C6H9N3O2. The molecule has 1 amide bonds. The molecule has 0 atom stereocenters. The van der Waals surface area contributed by atoms with E-state index >= 15 is 0 Å². The number of oxazole rings is 1. The molecule has 1 aromatic rings. The topological polar surface area (TPSA) is 81.1 Å². The van der Waals surface area contributed by atoms with Gasteiger partial charge < -0.3 is 15.5 Å². The number of hydrogen-bond acceptors (Lipinski definition) is 4. The van der Waals surface area contributed by atoms with Gasteiger partial charge >= 0.3 is 5.91 Å². The van der Waals surface area contributed by atoms with Gasteiger partial charge in [-0.25, -0.2) is 4.98 Å². The number of nitrogens with zero attached hydrogens (tertiary/aromatic N) is 1. The number of nitrogens with two attached hydrogens (primary N) is 1. The smallest absolute Gasteiger partial charge is 0.307 e. The lowest BCUT2D eigenvalue weighted by Gasteiger charge is -1.97. The van der Waals surface area contributed by atoms with Crippen LogP contribution in [0.1, 0.15) is 10.7 Å². The van der Waals surface area contributed by atoms with Gasteiger partial charge in [-0.05, 0) is 0 Å². The fourth-order valence-electron chi connectivity index (χ4n) is 0.597. The SMILES string of the molecule is NCCNC(=O)c1ncco1. The van der Waals surface area contributed by atoms with E-state index in [0.29, 0.717) is 13.1 Å². The van der Waals surface area contributed by atoms with Gasteiger partial charge in [-0.3, -0.25) is 4.79 Å². The van der Waals surface area contributed by atoms with Crippen LogP contribution in [0.25, 0.3) is 0 Å². The number of nitrogens with one attached hydrogen (secondary N) is 1. The Morgan fingerprint density at radius 3 is 3.18 bits per heavy atom. The van der Waals surface area contributed by atoms with Gasteiger partial charge in [-0.2, -0.15) is 0 Å². The van der Waals surface area contributed by atoms with Crippen LogP contribution in [0.3, 0.4) is 0 Å².